The lowest BCUT2D eigenvalue weighted by Gasteiger charge is -2.08. The fraction of sp³-hybridized carbons (Fsp3) is 0.0833. The molecule has 3 heterocycles. The molecule has 0 atom stereocenters. The molecular formula is C12H9ClIN5O. The minimum absolute atomic E-state index is 0.393. The van der Waals surface area contributed by atoms with Crippen molar-refractivity contribution in [3.63, 3.8) is 0 Å². The fourth-order valence-corrected chi connectivity index (χ4v) is 2.66. The standard InChI is InChI=1S/C12H9ClIN5O/c1-20-9-2-6(15)4-17-12(9)19-8-3-10(13)16-5-7(8)11(14)18-19/h2-5H,15H2,1H3. The van der Waals surface area contributed by atoms with Crippen LogP contribution in [-0.4, -0.2) is 26.9 Å². The van der Waals surface area contributed by atoms with Crippen LogP contribution < -0.4 is 10.5 Å². The molecule has 0 bridgehead atoms. The Labute approximate surface area is 133 Å². The van der Waals surface area contributed by atoms with Crippen molar-refractivity contribution in [2.24, 2.45) is 0 Å². The topological polar surface area (TPSA) is 78.9 Å². The van der Waals surface area contributed by atoms with Gasteiger partial charge in [-0.25, -0.2) is 14.6 Å². The van der Waals surface area contributed by atoms with Gasteiger partial charge in [0.1, 0.15) is 8.85 Å². The van der Waals surface area contributed by atoms with Crippen LogP contribution in [0.5, 0.6) is 5.75 Å². The van der Waals surface area contributed by atoms with Crippen molar-refractivity contribution >= 4 is 50.8 Å². The second-order valence-electron chi connectivity index (χ2n) is 4.02. The zero-order valence-electron chi connectivity index (χ0n) is 10.3. The van der Waals surface area contributed by atoms with Gasteiger partial charge in [0.05, 0.1) is 29.9 Å². The minimum atomic E-state index is 0.393. The highest BCUT2D eigenvalue weighted by Crippen LogP contribution is 2.28. The van der Waals surface area contributed by atoms with Crippen LogP contribution in [0.15, 0.2) is 24.5 Å². The number of ether oxygens (including phenoxy) is 1. The molecule has 3 rings (SSSR count). The Morgan fingerprint density at radius 1 is 1.30 bits per heavy atom. The van der Waals surface area contributed by atoms with Crippen LogP contribution in [0, 0.1) is 3.70 Å². The monoisotopic (exact) mass is 401 g/mol. The van der Waals surface area contributed by atoms with Crippen molar-refractivity contribution < 1.29 is 4.74 Å². The lowest BCUT2D eigenvalue weighted by Crippen LogP contribution is -2.04. The van der Waals surface area contributed by atoms with E-state index in [9.17, 15) is 0 Å². The molecule has 102 valence electrons. The summed E-state index contributed by atoms with van der Waals surface area (Å²) < 4.78 is 7.79. The van der Waals surface area contributed by atoms with Crippen molar-refractivity contribution in [2.45, 2.75) is 0 Å². The number of nitrogens with zero attached hydrogens (tertiary/aromatic N) is 4. The number of hydrogen-bond acceptors (Lipinski definition) is 5. The molecule has 20 heavy (non-hydrogen) atoms. The van der Waals surface area contributed by atoms with Crippen LogP contribution in [0.25, 0.3) is 16.7 Å². The summed E-state index contributed by atoms with van der Waals surface area (Å²) in [5.41, 5.74) is 7.05. The van der Waals surface area contributed by atoms with Gasteiger partial charge in [-0.1, -0.05) is 11.6 Å². The number of halogens is 2. The first-order valence-corrected chi connectivity index (χ1v) is 7.05. The second-order valence-corrected chi connectivity index (χ2v) is 5.43. The quantitative estimate of drug-likeness (QED) is 0.528. The van der Waals surface area contributed by atoms with Crippen molar-refractivity contribution in [2.75, 3.05) is 12.8 Å². The Bertz CT molecular complexity index is 804. The Morgan fingerprint density at radius 2 is 2.10 bits per heavy atom. The van der Waals surface area contributed by atoms with E-state index in [1.807, 2.05) is 0 Å². The molecule has 2 N–H and O–H groups in total. The zero-order valence-corrected chi connectivity index (χ0v) is 13.3. The summed E-state index contributed by atoms with van der Waals surface area (Å²) in [6.45, 7) is 0. The number of hydrogen-bond donors (Lipinski definition) is 1. The summed E-state index contributed by atoms with van der Waals surface area (Å²) >= 11 is 8.10. The highest BCUT2D eigenvalue weighted by Gasteiger charge is 2.15. The molecule has 0 radical (unpaired) electrons. The maximum atomic E-state index is 5.96. The molecule has 0 saturated carbocycles. The third-order valence-corrected chi connectivity index (χ3v) is 3.77. The largest absolute Gasteiger partial charge is 0.493 e. The van der Waals surface area contributed by atoms with Gasteiger partial charge >= 0.3 is 0 Å². The van der Waals surface area contributed by atoms with Crippen molar-refractivity contribution in [1.82, 2.24) is 19.7 Å². The van der Waals surface area contributed by atoms with Gasteiger partial charge in [0.2, 0.25) is 0 Å². The summed E-state index contributed by atoms with van der Waals surface area (Å²) in [4.78, 5) is 8.36. The number of rotatable bonds is 2. The molecule has 0 aliphatic heterocycles. The van der Waals surface area contributed by atoms with E-state index in [1.165, 1.54) is 0 Å². The van der Waals surface area contributed by atoms with Gasteiger partial charge in [0, 0.05) is 18.3 Å². The van der Waals surface area contributed by atoms with Gasteiger partial charge < -0.3 is 10.5 Å². The molecule has 6 nitrogen and oxygen atoms in total. The SMILES string of the molecule is COc1cc(N)cnc1-n1nc(I)c2cnc(Cl)cc21. The van der Waals surface area contributed by atoms with Gasteiger partial charge in [0.15, 0.2) is 11.6 Å². The van der Waals surface area contributed by atoms with Crippen molar-refractivity contribution in [3.8, 4) is 11.6 Å². The number of nitrogen functional groups attached to an aromatic ring is 1. The number of pyridine rings is 2. The van der Waals surface area contributed by atoms with E-state index >= 15 is 0 Å². The van der Waals surface area contributed by atoms with E-state index < -0.39 is 0 Å². The van der Waals surface area contributed by atoms with E-state index in [2.05, 4.69) is 37.7 Å². The molecule has 0 amide bonds. The summed E-state index contributed by atoms with van der Waals surface area (Å²) in [6.07, 6.45) is 3.24. The zero-order chi connectivity index (χ0) is 14.3. The van der Waals surface area contributed by atoms with Gasteiger partial charge in [-0.15, -0.1) is 0 Å². The van der Waals surface area contributed by atoms with Crippen LogP contribution in [0.2, 0.25) is 5.15 Å². The molecule has 0 unspecified atom stereocenters. The number of nitrogens with two attached hydrogens (primary N) is 1. The lowest BCUT2D eigenvalue weighted by molar-refractivity contribution is 0.410. The van der Waals surface area contributed by atoms with Crippen LogP contribution in [0.4, 0.5) is 5.69 Å². The van der Waals surface area contributed by atoms with E-state index in [-0.39, 0.29) is 0 Å². The Kier molecular flexibility index (Phi) is 3.38. The van der Waals surface area contributed by atoms with Crippen molar-refractivity contribution in [3.05, 3.63) is 33.4 Å². The predicted octanol–water partition coefficient (Wildman–Crippen LogP) is 2.66. The average molecular weight is 402 g/mol. The van der Waals surface area contributed by atoms with E-state index in [0.29, 0.717) is 22.4 Å². The molecule has 0 spiro atoms. The Morgan fingerprint density at radius 3 is 2.85 bits per heavy atom. The molecule has 0 fully saturated rings. The van der Waals surface area contributed by atoms with Crippen molar-refractivity contribution in [1.29, 1.82) is 0 Å². The Balaban J connectivity index is 2.32. The molecule has 0 aliphatic carbocycles. The highest BCUT2D eigenvalue weighted by atomic mass is 127. The van der Waals surface area contributed by atoms with Gasteiger partial charge in [-0.05, 0) is 22.6 Å². The molecular weight excluding hydrogens is 393 g/mol. The fourth-order valence-electron chi connectivity index (χ4n) is 1.87. The van der Waals surface area contributed by atoms with Crippen LogP contribution in [-0.2, 0) is 0 Å². The molecule has 0 saturated heterocycles. The third kappa shape index (κ3) is 2.16. The minimum Gasteiger partial charge on any atom is -0.493 e. The van der Waals surface area contributed by atoms with Gasteiger partial charge in [-0.2, -0.15) is 5.10 Å². The smallest absolute Gasteiger partial charge is 0.196 e. The first kappa shape index (κ1) is 13.4. The first-order chi connectivity index (χ1) is 9.60. The summed E-state index contributed by atoms with van der Waals surface area (Å²) in [6, 6.07) is 3.44. The number of aromatic nitrogens is 4. The third-order valence-electron chi connectivity index (χ3n) is 2.76. The summed E-state index contributed by atoms with van der Waals surface area (Å²) in [5.74, 6) is 1.09. The van der Waals surface area contributed by atoms with Crippen LogP contribution in [0.1, 0.15) is 0 Å². The van der Waals surface area contributed by atoms with Gasteiger partial charge in [-0.3, -0.25) is 0 Å². The summed E-state index contributed by atoms with van der Waals surface area (Å²) in [5, 5.41) is 5.75. The molecule has 3 aromatic rings. The summed E-state index contributed by atoms with van der Waals surface area (Å²) in [7, 11) is 1.56. The molecule has 3 aromatic heterocycles. The molecule has 0 aromatic carbocycles. The first-order valence-electron chi connectivity index (χ1n) is 5.60. The Hall–Kier alpha value is -1.61. The molecule has 0 aliphatic rings. The average Bonchev–Trinajstić information content (AvgIpc) is 2.75. The number of fused-ring (bicyclic) bond motifs is 1. The van der Waals surface area contributed by atoms with Gasteiger partial charge in [0.25, 0.3) is 0 Å². The van der Waals surface area contributed by atoms with Crippen LogP contribution in [0.3, 0.4) is 0 Å². The van der Waals surface area contributed by atoms with E-state index in [1.54, 1.807) is 36.3 Å². The maximum Gasteiger partial charge on any atom is 0.196 e. The second kappa shape index (κ2) is 5.06. The maximum absolute atomic E-state index is 5.96. The highest BCUT2D eigenvalue weighted by molar-refractivity contribution is 14.1. The van der Waals surface area contributed by atoms with E-state index in [0.717, 1.165) is 14.6 Å². The van der Waals surface area contributed by atoms with Crippen LogP contribution >= 0.6 is 34.2 Å². The normalized spacial score (nSPS) is 10.9. The molecule has 8 heteroatoms. The van der Waals surface area contributed by atoms with E-state index in [4.69, 9.17) is 22.1 Å². The number of methoxy groups -OCH3 is 1. The lowest BCUT2D eigenvalue weighted by atomic mass is 10.3. The predicted molar refractivity (Wildman–Crippen MR) is 85.4 cm³/mol. The number of anilines is 1.